The van der Waals surface area contributed by atoms with Crippen molar-refractivity contribution in [3.63, 3.8) is 0 Å². The Kier molecular flexibility index (Phi) is 4.25. The molecule has 0 aliphatic carbocycles. The number of halogens is 1. The molecule has 0 radical (unpaired) electrons. The zero-order valence-electron chi connectivity index (χ0n) is 12.6. The largest absolute Gasteiger partial charge is 0.294 e. The Morgan fingerprint density at radius 2 is 1.55 bits per heavy atom. The Balaban J connectivity index is 2.24. The molecule has 1 heterocycles. The number of pyridine rings is 1. The van der Waals surface area contributed by atoms with Crippen molar-refractivity contribution in [2.24, 2.45) is 0 Å². The Hall–Kier alpha value is -2.13. The Morgan fingerprint density at radius 1 is 0.818 bits per heavy atom. The molecule has 0 fully saturated rings. The van der Waals surface area contributed by atoms with Crippen LogP contribution in [0, 0.1) is 13.8 Å². The molecule has 0 atom stereocenters. The lowest BCUT2D eigenvalue weighted by molar-refractivity contribution is 1.15. The maximum absolute atomic E-state index is 4.55. The van der Waals surface area contributed by atoms with Gasteiger partial charge >= 0.3 is 0 Å². The van der Waals surface area contributed by atoms with Gasteiger partial charge in [0.2, 0.25) is 0 Å². The summed E-state index contributed by atoms with van der Waals surface area (Å²) in [5, 5.41) is 0. The minimum atomic E-state index is 0.915. The van der Waals surface area contributed by atoms with Crippen LogP contribution < -0.4 is 4.90 Å². The lowest BCUT2D eigenvalue weighted by Crippen LogP contribution is -2.13. The first-order valence-electron chi connectivity index (χ1n) is 7.20. The van der Waals surface area contributed by atoms with Crippen molar-refractivity contribution < 1.29 is 0 Å². The quantitative estimate of drug-likeness (QED) is 0.580. The third kappa shape index (κ3) is 2.90. The second kappa shape index (κ2) is 6.32. The van der Waals surface area contributed by atoms with E-state index < -0.39 is 0 Å². The highest BCUT2D eigenvalue weighted by Crippen LogP contribution is 2.37. The molecule has 2 aromatic carbocycles. The number of aryl methyl sites for hydroxylation is 2. The summed E-state index contributed by atoms with van der Waals surface area (Å²) in [6, 6.07) is 20.7. The minimum Gasteiger partial charge on any atom is -0.294 e. The maximum atomic E-state index is 4.55. The minimum absolute atomic E-state index is 0.915. The molecular formula is C19H17BrN2. The van der Waals surface area contributed by atoms with Crippen molar-refractivity contribution in [3.05, 3.63) is 82.5 Å². The van der Waals surface area contributed by atoms with Crippen LogP contribution in [0.4, 0.5) is 17.2 Å². The van der Waals surface area contributed by atoms with Crippen LogP contribution in [0.25, 0.3) is 0 Å². The molecule has 0 amide bonds. The lowest BCUT2D eigenvalue weighted by Gasteiger charge is -2.27. The van der Waals surface area contributed by atoms with Gasteiger partial charge in [0.15, 0.2) is 0 Å². The summed E-state index contributed by atoms with van der Waals surface area (Å²) in [4.78, 5) is 6.76. The second-order valence-electron chi connectivity index (χ2n) is 5.24. The number of anilines is 3. The third-order valence-corrected chi connectivity index (χ3v) is 4.14. The number of aromatic nitrogens is 1. The zero-order chi connectivity index (χ0) is 15.5. The van der Waals surface area contributed by atoms with Crippen LogP contribution in [-0.4, -0.2) is 4.98 Å². The molecule has 0 unspecified atom stereocenters. The number of nitrogens with zero attached hydrogens (tertiary/aromatic N) is 2. The first kappa shape index (κ1) is 14.8. The number of rotatable bonds is 3. The first-order valence-corrected chi connectivity index (χ1v) is 7.99. The van der Waals surface area contributed by atoms with Crippen molar-refractivity contribution in [3.8, 4) is 0 Å². The smallest absolute Gasteiger partial charge is 0.137 e. The van der Waals surface area contributed by atoms with Crippen LogP contribution in [0.5, 0.6) is 0 Å². The Morgan fingerprint density at radius 3 is 2.27 bits per heavy atom. The van der Waals surface area contributed by atoms with Crippen molar-refractivity contribution >= 4 is 33.1 Å². The van der Waals surface area contributed by atoms with E-state index >= 15 is 0 Å². The van der Waals surface area contributed by atoms with Gasteiger partial charge in [-0.1, -0.05) is 46.3 Å². The summed E-state index contributed by atoms with van der Waals surface area (Å²) in [7, 11) is 0. The van der Waals surface area contributed by atoms with E-state index in [9.17, 15) is 0 Å². The predicted octanol–water partition coefficient (Wildman–Crippen LogP) is 5.93. The lowest BCUT2D eigenvalue weighted by atomic mass is 10.1. The summed E-state index contributed by atoms with van der Waals surface area (Å²) in [5.41, 5.74) is 4.69. The molecule has 0 saturated heterocycles. The average Bonchev–Trinajstić information content (AvgIpc) is 2.54. The topological polar surface area (TPSA) is 16.1 Å². The van der Waals surface area contributed by atoms with Gasteiger partial charge in [-0.25, -0.2) is 4.98 Å². The van der Waals surface area contributed by atoms with Gasteiger partial charge in [0.1, 0.15) is 5.82 Å². The normalized spacial score (nSPS) is 10.5. The van der Waals surface area contributed by atoms with Crippen LogP contribution in [0.15, 0.2) is 71.3 Å². The molecule has 2 nitrogen and oxygen atoms in total. The van der Waals surface area contributed by atoms with Gasteiger partial charge in [0, 0.05) is 10.7 Å². The third-order valence-electron chi connectivity index (χ3n) is 3.65. The van der Waals surface area contributed by atoms with Gasteiger partial charge in [-0.05, 0) is 55.3 Å². The number of para-hydroxylation sites is 1. The molecule has 3 heteroatoms. The van der Waals surface area contributed by atoms with E-state index in [1.807, 2.05) is 24.4 Å². The van der Waals surface area contributed by atoms with E-state index in [0.717, 1.165) is 21.7 Å². The molecule has 22 heavy (non-hydrogen) atoms. The molecule has 0 spiro atoms. The molecule has 0 aliphatic rings. The van der Waals surface area contributed by atoms with E-state index in [0.29, 0.717) is 0 Å². The Labute approximate surface area is 139 Å². The average molecular weight is 353 g/mol. The maximum Gasteiger partial charge on any atom is 0.137 e. The molecule has 3 aromatic rings. The van der Waals surface area contributed by atoms with Gasteiger partial charge in [0.05, 0.1) is 11.4 Å². The summed E-state index contributed by atoms with van der Waals surface area (Å²) >= 11 is 3.58. The zero-order valence-corrected chi connectivity index (χ0v) is 14.2. The van der Waals surface area contributed by atoms with Crippen molar-refractivity contribution in [1.82, 2.24) is 4.98 Å². The van der Waals surface area contributed by atoms with Crippen LogP contribution in [0.3, 0.4) is 0 Å². The van der Waals surface area contributed by atoms with Gasteiger partial charge in [-0.2, -0.15) is 0 Å². The van der Waals surface area contributed by atoms with Crippen LogP contribution in [0.2, 0.25) is 0 Å². The monoisotopic (exact) mass is 352 g/mol. The molecule has 110 valence electrons. The first-order chi connectivity index (χ1) is 10.7. The standard InChI is InChI=1S/C19H17BrN2/c1-14-7-3-4-8-17(14)22(19-9-5-6-12-21-19)18-13-16(20)11-10-15(18)2/h3-13H,1-2H3. The highest BCUT2D eigenvalue weighted by molar-refractivity contribution is 9.10. The van der Waals surface area contributed by atoms with E-state index in [2.05, 4.69) is 82.1 Å². The number of hydrogen-bond acceptors (Lipinski definition) is 2. The second-order valence-corrected chi connectivity index (χ2v) is 6.16. The highest BCUT2D eigenvalue weighted by atomic mass is 79.9. The number of benzene rings is 2. The van der Waals surface area contributed by atoms with Gasteiger partial charge in [-0.15, -0.1) is 0 Å². The molecule has 0 aliphatic heterocycles. The fourth-order valence-electron chi connectivity index (χ4n) is 2.50. The van der Waals surface area contributed by atoms with E-state index in [1.165, 1.54) is 11.1 Å². The predicted molar refractivity (Wildman–Crippen MR) is 96.1 cm³/mol. The van der Waals surface area contributed by atoms with Crippen LogP contribution in [0.1, 0.15) is 11.1 Å². The summed E-state index contributed by atoms with van der Waals surface area (Å²) < 4.78 is 1.06. The van der Waals surface area contributed by atoms with Crippen LogP contribution in [-0.2, 0) is 0 Å². The van der Waals surface area contributed by atoms with Gasteiger partial charge in [0.25, 0.3) is 0 Å². The fraction of sp³-hybridized carbons (Fsp3) is 0.105. The Bertz CT molecular complexity index is 784. The van der Waals surface area contributed by atoms with Crippen molar-refractivity contribution in [2.75, 3.05) is 4.90 Å². The molecule has 3 rings (SSSR count). The number of hydrogen-bond donors (Lipinski definition) is 0. The SMILES string of the molecule is Cc1ccccc1N(c1ccccn1)c1cc(Br)ccc1C. The fourth-order valence-corrected chi connectivity index (χ4v) is 2.85. The summed E-state index contributed by atoms with van der Waals surface area (Å²) in [6.45, 7) is 4.24. The molecule has 1 aromatic heterocycles. The molecule has 0 saturated carbocycles. The van der Waals surface area contributed by atoms with E-state index in [-0.39, 0.29) is 0 Å². The van der Waals surface area contributed by atoms with E-state index in [1.54, 1.807) is 0 Å². The van der Waals surface area contributed by atoms with Crippen molar-refractivity contribution in [2.45, 2.75) is 13.8 Å². The van der Waals surface area contributed by atoms with Gasteiger partial charge in [-0.3, -0.25) is 4.90 Å². The van der Waals surface area contributed by atoms with E-state index in [4.69, 9.17) is 0 Å². The van der Waals surface area contributed by atoms with Gasteiger partial charge < -0.3 is 0 Å². The van der Waals surface area contributed by atoms with Crippen LogP contribution >= 0.6 is 15.9 Å². The molecule has 0 N–H and O–H groups in total. The highest BCUT2D eigenvalue weighted by Gasteiger charge is 2.17. The summed E-state index contributed by atoms with van der Waals surface area (Å²) in [5.74, 6) is 0.915. The van der Waals surface area contributed by atoms with Crippen molar-refractivity contribution in [1.29, 1.82) is 0 Å². The summed E-state index contributed by atoms with van der Waals surface area (Å²) in [6.07, 6.45) is 1.83. The molecular weight excluding hydrogens is 336 g/mol. The molecule has 0 bridgehead atoms.